The summed E-state index contributed by atoms with van der Waals surface area (Å²) < 4.78 is 5.37. The van der Waals surface area contributed by atoms with Gasteiger partial charge in [0, 0.05) is 11.8 Å². The van der Waals surface area contributed by atoms with Gasteiger partial charge in [-0.2, -0.15) is 0 Å². The average molecular weight is 234 g/mol. The molecule has 0 saturated heterocycles. The van der Waals surface area contributed by atoms with Crippen molar-refractivity contribution in [3.05, 3.63) is 35.9 Å². The maximum atomic E-state index is 10.9. The number of rotatable bonds is 4. The first-order valence-corrected chi connectivity index (χ1v) is 9.29. The first-order valence-electron chi connectivity index (χ1n) is 5.71. The van der Waals surface area contributed by atoms with Gasteiger partial charge in [-0.15, -0.1) is 0 Å². The van der Waals surface area contributed by atoms with E-state index in [2.05, 4.69) is 31.4 Å². The zero-order chi connectivity index (χ0) is 11.8. The SMILES string of the molecule is C[Si](C)(C)/C=C/[C@@H]1[C@H](C=O)[C@H]1c1ccco1. The van der Waals surface area contributed by atoms with E-state index in [0.29, 0.717) is 5.92 Å². The molecule has 1 fully saturated rings. The highest BCUT2D eigenvalue weighted by Crippen LogP contribution is 2.53. The summed E-state index contributed by atoms with van der Waals surface area (Å²) in [4.78, 5) is 10.9. The number of allylic oxidation sites excluding steroid dienone is 1. The summed E-state index contributed by atoms with van der Waals surface area (Å²) in [6.45, 7) is 6.89. The zero-order valence-electron chi connectivity index (χ0n) is 10.0. The Kier molecular flexibility index (Phi) is 2.89. The van der Waals surface area contributed by atoms with Crippen LogP contribution in [0.2, 0.25) is 19.6 Å². The molecule has 1 aliphatic rings. The second-order valence-electron chi connectivity index (χ2n) is 5.56. The smallest absolute Gasteiger partial charge is 0.124 e. The van der Waals surface area contributed by atoms with E-state index in [-0.39, 0.29) is 11.8 Å². The van der Waals surface area contributed by atoms with Crippen molar-refractivity contribution in [3.8, 4) is 0 Å². The molecule has 86 valence electrons. The van der Waals surface area contributed by atoms with Crippen molar-refractivity contribution in [1.29, 1.82) is 0 Å². The number of carbonyl (C=O) groups is 1. The van der Waals surface area contributed by atoms with Crippen LogP contribution in [0, 0.1) is 11.8 Å². The van der Waals surface area contributed by atoms with Crippen LogP contribution in [-0.2, 0) is 4.79 Å². The van der Waals surface area contributed by atoms with Gasteiger partial charge in [0.2, 0.25) is 0 Å². The van der Waals surface area contributed by atoms with E-state index in [0.717, 1.165) is 12.0 Å². The molecule has 0 radical (unpaired) electrons. The van der Waals surface area contributed by atoms with Crippen LogP contribution in [0.5, 0.6) is 0 Å². The Labute approximate surface area is 97.4 Å². The predicted molar refractivity (Wildman–Crippen MR) is 67.0 cm³/mol. The summed E-state index contributed by atoms with van der Waals surface area (Å²) in [7, 11) is -1.16. The molecular weight excluding hydrogens is 216 g/mol. The summed E-state index contributed by atoms with van der Waals surface area (Å²) in [5.41, 5.74) is 2.32. The van der Waals surface area contributed by atoms with Crippen molar-refractivity contribution < 1.29 is 9.21 Å². The largest absolute Gasteiger partial charge is 0.469 e. The lowest BCUT2D eigenvalue weighted by Gasteiger charge is -2.07. The van der Waals surface area contributed by atoms with E-state index in [1.807, 2.05) is 12.1 Å². The average Bonchev–Trinajstić information content (AvgIpc) is 2.64. The fraction of sp³-hybridized carbons (Fsp3) is 0.462. The Morgan fingerprint density at radius 1 is 1.31 bits per heavy atom. The summed E-state index contributed by atoms with van der Waals surface area (Å²) in [5, 5.41) is 0. The molecule has 0 aromatic carbocycles. The van der Waals surface area contributed by atoms with Crippen LogP contribution in [0.25, 0.3) is 0 Å². The van der Waals surface area contributed by atoms with Crippen LogP contribution >= 0.6 is 0 Å². The van der Waals surface area contributed by atoms with Crippen molar-refractivity contribution >= 4 is 14.4 Å². The van der Waals surface area contributed by atoms with Crippen molar-refractivity contribution in [3.63, 3.8) is 0 Å². The van der Waals surface area contributed by atoms with Crippen LogP contribution in [0.15, 0.2) is 34.6 Å². The molecule has 16 heavy (non-hydrogen) atoms. The third kappa shape index (κ3) is 2.35. The summed E-state index contributed by atoms with van der Waals surface area (Å²) in [6, 6.07) is 3.85. The molecule has 1 heterocycles. The van der Waals surface area contributed by atoms with E-state index >= 15 is 0 Å². The quantitative estimate of drug-likeness (QED) is 0.591. The maximum absolute atomic E-state index is 10.9. The molecule has 0 spiro atoms. The number of carbonyl (C=O) groups excluding carboxylic acids is 1. The van der Waals surface area contributed by atoms with E-state index in [1.165, 1.54) is 0 Å². The van der Waals surface area contributed by atoms with Crippen LogP contribution in [-0.4, -0.2) is 14.4 Å². The van der Waals surface area contributed by atoms with Gasteiger partial charge in [-0.25, -0.2) is 0 Å². The summed E-state index contributed by atoms with van der Waals surface area (Å²) >= 11 is 0. The van der Waals surface area contributed by atoms with E-state index < -0.39 is 8.07 Å². The molecule has 0 aliphatic heterocycles. The molecule has 0 amide bonds. The molecule has 0 N–H and O–H groups in total. The fourth-order valence-corrected chi connectivity index (χ4v) is 2.84. The third-order valence-corrected chi connectivity index (χ3v) is 4.17. The first-order chi connectivity index (χ1) is 7.53. The molecule has 1 saturated carbocycles. The molecule has 0 unspecified atom stereocenters. The second kappa shape index (κ2) is 4.05. The standard InChI is InChI=1S/C13H18O2Si/c1-16(2,3)8-6-10-11(9-14)13(10)12-5-4-7-15-12/h4-11,13H,1-3H3/b8-6+/t10-,11+,13+/m1/s1. The molecule has 3 heteroatoms. The van der Waals surface area contributed by atoms with Crippen LogP contribution in [0.3, 0.4) is 0 Å². The lowest BCUT2D eigenvalue weighted by Crippen LogP contribution is -2.15. The van der Waals surface area contributed by atoms with E-state index in [9.17, 15) is 4.79 Å². The Morgan fingerprint density at radius 2 is 2.06 bits per heavy atom. The van der Waals surface area contributed by atoms with Gasteiger partial charge in [0.15, 0.2) is 0 Å². The minimum absolute atomic E-state index is 0.124. The van der Waals surface area contributed by atoms with Crippen molar-refractivity contribution in [2.24, 2.45) is 11.8 Å². The molecule has 1 aromatic heterocycles. The zero-order valence-corrected chi connectivity index (χ0v) is 11.0. The molecule has 2 nitrogen and oxygen atoms in total. The molecule has 2 rings (SSSR count). The lowest BCUT2D eigenvalue weighted by molar-refractivity contribution is -0.109. The van der Waals surface area contributed by atoms with Crippen molar-refractivity contribution in [2.45, 2.75) is 25.6 Å². The first kappa shape index (κ1) is 11.4. The second-order valence-corrected chi connectivity index (χ2v) is 10.6. The Morgan fingerprint density at radius 3 is 2.56 bits per heavy atom. The van der Waals surface area contributed by atoms with Gasteiger partial charge in [0.1, 0.15) is 12.0 Å². The minimum atomic E-state index is -1.16. The van der Waals surface area contributed by atoms with Gasteiger partial charge < -0.3 is 9.21 Å². The molecule has 1 aromatic rings. The summed E-state index contributed by atoms with van der Waals surface area (Å²) in [5.74, 6) is 1.71. The fourth-order valence-electron chi connectivity index (χ4n) is 2.04. The highest BCUT2D eigenvalue weighted by atomic mass is 28.3. The Balaban J connectivity index is 2.07. The molecular formula is C13H18O2Si. The van der Waals surface area contributed by atoms with Gasteiger partial charge in [-0.1, -0.05) is 31.4 Å². The van der Waals surface area contributed by atoms with Crippen LogP contribution in [0.1, 0.15) is 11.7 Å². The Hall–Kier alpha value is -1.09. The van der Waals surface area contributed by atoms with Crippen molar-refractivity contribution in [2.75, 3.05) is 0 Å². The van der Waals surface area contributed by atoms with Crippen LogP contribution in [0.4, 0.5) is 0 Å². The van der Waals surface area contributed by atoms with Gasteiger partial charge in [0.05, 0.1) is 14.3 Å². The minimum Gasteiger partial charge on any atom is -0.469 e. The monoisotopic (exact) mass is 234 g/mol. The number of aldehydes is 1. The predicted octanol–water partition coefficient (Wildman–Crippen LogP) is 3.24. The van der Waals surface area contributed by atoms with Gasteiger partial charge in [-0.3, -0.25) is 0 Å². The number of hydrogen-bond donors (Lipinski definition) is 0. The topological polar surface area (TPSA) is 30.2 Å². The Bertz CT molecular complexity index is 387. The van der Waals surface area contributed by atoms with Crippen molar-refractivity contribution in [1.82, 2.24) is 0 Å². The normalized spacial score (nSPS) is 29.6. The van der Waals surface area contributed by atoms with E-state index in [1.54, 1.807) is 6.26 Å². The third-order valence-electron chi connectivity index (χ3n) is 2.98. The highest BCUT2D eigenvalue weighted by Gasteiger charge is 2.51. The molecule has 0 bridgehead atoms. The van der Waals surface area contributed by atoms with Gasteiger partial charge in [-0.05, 0) is 18.1 Å². The highest BCUT2D eigenvalue weighted by molar-refractivity contribution is 6.80. The number of hydrogen-bond acceptors (Lipinski definition) is 2. The van der Waals surface area contributed by atoms with E-state index in [4.69, 9.17) is 4.42 Å². The number of furan rings is 1. The maximum Gasteiger partial charge on any atom is 0.124 e. The van der Waals surface area contributed by atoms with Crippen LogP contribution < -0.4 is 0 Å². The van der Waals surface area contributed by atoms with Gasteiger partial charge >= 0.3 is 0 Å². The lowest BCUT2D eigenvalue weighted by atomic mass is 10.2. The summed E-state index contributed by atoms with van der Waals surface area (Å²) in [6.07, 6.45) is 4.96. The van der Waals surface area contributed by atoms with Gasteiger partial charge in [0.25, 0.3) is 0 Å². The molecule has 1 aliphatic carbocycles. The molecule has 3 atom stereocenters.